The average Bonchev–Trinajstić information content (AvgIpc) is 2.27. The van der Waals surface area contributed by atoms with E-state index in [0.717, 1.165) is 0 Å². The van der Waals surface area contributed by atoms with Crippen LogP contribution in [0.15, 0.2) is 24.3 Å². The van der Waals surface area contributed by atoms with Crippen molar-refractivity contribution in [3.8, 4) is 0 Å². The zero-order chi connectivity index (χ0) is 13.1. The Morgan fingerprint density at radius 2 is 1.41 bits per heavy atom. The Hall–Kier alpha value is -0.420. The van der Waals surface area contributed by atoms with Crippen molar-refractivity contribution in [1.82, 2.24) is 0 Å². The van der Waals surface area contributed by atoms with Crippen LogP contribution in [-0.4, -0.2) is 17.0 Å². The molecule has 0 atom stereocenters. The van der Waals surface area contributed by atoms with Crippen LogP contribution in [0.1, 0.15) is 34.6 Å². The maximum Gasteiger partial charge on any atom is 0.123 e. The highest BCUT2D eigenvalue weighted by molar-refractivity contribution is 7.86. The van der Waals surface area contributed by atoms with Crippen molar-refractivity contribution in [1.29, 1.82) is 0 Å². The van der Waals surface area contributed by atoms with E-state index >= 15 is 0 Å². The van der Waals surface area contributed by atoms with Crippen molar-refractivity contribution in [2.75, 3.05) is 6.66 Å². The van der Waals surface area contributed by atoms with Crippen LogP contribution in [-0.2, 0) is 0 Å². The second kappa shape index (κ2) is 3.54. The lowest BCUT2D eigenvalue weighted by atomic mass is 9.83. The normalized spacial score (nSPS) is 34.2. The van der Waals surface area contributed by atoms with Crippen LogP contribution in [0, 0.1) is 11.7 Å². The van der Waals surface area contributed by atoms with E-state index in [1.807, 2.05) is 12.1 Å². The molecule has 0 nitrogen and oxygen atoms in total. The Labute approximate surface area is 105 Å². The average molecular weight is 253 g/mol. The Bertz CT molecular complexity index is 415. The molecule has 2 heteroatoms. The quantitative estimate of drug-likeness (QED) is 0.654. The zero-order valence-corrected chi connectivity index (χ0v) is 12.6. The van der Waals surface area contributed by atoms with E-state index in [1.54, 1.807) is 12.1 Å². The first kappa shape index (κ1) is 13.0. The summed E-state index contributed by atoms with van der Waals surface area (Å²) in [7, 11) is -1.24. The molecule has 17 heavy (non-hydrogen) atoms. The Morgan fingerprint density at radius 1 is 1.00 bits per heavy atom. The van der Waals surface area contributed by atoms with E-state index in [1.165, 1.54) is 5.30 Å². The molecule has 94 valence electrons. The number of hydrogen-bond acceptors (Lipinski definition) is 0. The number of halogens is 1. The van der Waals surface area contributed by atoms with Crippen molar-refractivity contribution >= 4 is 12.6 Å². The van der Waals surface area contributed by atoms with Gasteiger partial charge in [-0.2, -0.15) is 0 Å². The highest BCUT2D eigenvalue weighted by Gasteiger charge is 2.75. The van der Waals surface area contributed by atoms with Crippen molar-refractivity contribution in [2.45, 2.75) is 44.9 Å². The summed E-state index contributed by atoms with van der Waals surface area (Å²) < 4.78 is 13.1. The molecule has 1 fully saturated rings. The number of benzene rings is 1. The summed E-state index contributed by atoms with van der Waals surface area (Å²) in [5, 5.41) is 2.08. The first-order valence-electron chi connectivity index (χ1n) is 6.28. The van der Waals surface area contributed by atoms with Crippen LogP contribution in [0.4, 0.5) is 4.39 Å². The van der Waals surface area contributed by atoms with Crippen LogP contribution in [0.3, 0.4) is 0 Å². The van der Waals surface area contributed by atoms with Gasteiger partial charge in [0.05, 0.1) is 29.5 Å². The van der Waals surface area contributed by atoms with Crippen molar-refractivity contribution in [3.05, 3.63) is 30.1 Å². The van der Waals surface area contributed by atoms with Gasteiger partial charge in [-0.25, -0.2) is 4.39 Å². The third-order valence-electron chi connectivity index (χ3n) is 5.77. The summed E-state index contributed by atoms with van der Waals surface area (Å²) >= 11 is 0. The maximum absolute atomic E-state index is 13.1. The monoisotopic (exact) mass is 253 g/mol. The first-order valence-corrected chi connectivity index (χ1v) is 8.52. The third kappa shape index (κ3) is 1.38. The summed E-state index contributed by atoms with van der Waals surface area (Å²) in [6.45, 7) is 14.3. The summed E-state index contributed by atoms with van der Waals surface area (Å²) in [6.07, 6.45) is 0. The SMILES string of the molecule is CC1C(C)(C)[P+](C)(c2ccc(F)cc2)C1(C)C. The fourth-order valence-corrected chi connectivity index (χ4v) is 9.27. The molecule has 0 aromatic heterocycles. The van der Waals surface area contributed by atoms with Gasteiger partial charge in [0.1, 0.15) is 5.82 Å². The van der Waals surface area contributed by atoms with E-state index in [2.05, 4.69) is 41.3 Å². The molecule has 0 aliphatic carbocycles. The molecule has 1 aliphatic rings. The Kier molecular flexibility index (Phi) is 2.71. The van der Waals surface area contributed by atoms with Gasteiger partial charge in [-0.1, -0.05) is 6.92 Å². The van der Waals surface area contributed by atoms with Crippen molar-refractivity contribution < 1.29 is 4.39 Å². The van der Waals surface area contributed by atoms with Crippen molar-refractivity contribution in [2.24, 2.45) is 5.92 Å². The molecule has 0 amide bonds. The molecule has 0 radical (unpaired) electrons. The van der Waals surface area contributed by atoms with E-state index in [0.29, 0.717) is 16.2 Å². The zero-order valence-electron chi connectivity index (χ0n) is 11.7. The highest BCUT2D eigenvalue weighted by Crippen LogP contribution is 2.86. The first-order chi connectivity index (χ1) is 7.65. The van der Waals surface area contributed by atoms with Gasteiger partial charge in [-0.15, -0.1) is 0 Å². The van der Waals surface area contributed by atoms with Gasteiger partial charge in [0.15, 0.2) is 0 Å². The van der Waals surface area contributed by atoms with Gasteiger partial charge in [0.2, 0.25) is 0 Å². The molecule has 1 aliphatic heterocycles. The second-order valence-electron chi connectivity index (χ2n) is 6.51. The van der Waals surface area contributed by atoms with Gasteiger partial charge in [-0.3, -0.25) is 0 Å². The second-order valence-corrected chi connectivity index (χ2v) is 11.3. The summed E-state index contributed by atoms with van der Waals surface area (Å²) in [4.78, 5) is 0. The Balaban J connectivity index is 2.52. The predicted molar refractivity (Wildman–Crippen MR) is 76.2 cm³/mol. The van der Waals surface area contributed by atoms with Gasteiger partial charge < -0.3 is 0 Å². The minimum Gasteiger partial charge on any atom is -0.207 e. The molecule has 1 saturated heterocycles. The lowest BCUT2D eigenvalue weighted by molar-refractivity contribution is 0.299. The molecular weight excluding hydrogens is 230 g/mol. The van der Waals surface area contributed by atoms with Crippen LogP contribution in [0.5, 0.6) is 0 Å². The number of rotatable bonds is 1. The fourth-order valence-electron chi connectivity index (χ4n) is 3.72. The fraction of sp³-hybridized carbons (Fsp3) is 0.600. The molecule has 0 saturated carbocycles. The lowest BCUT2D eigenvalue weighted by Gasteiger charge is -2.63. The van der Waals surface area contributed by atoms with Crippen LogP contribution in [0.2, 0.25) is 0 Å². The molecular formula is C15H23FP+. The maximum atomic E-state index is 13.1. The predicted octanol–water partition coefficient (Wildman–Crippen LogP) is 4.31. The van der Waals surface area contributed by atoms with E-state index < -0.39 is 7.26 Å². The third-order valence-corrected chi connectivity index (χ3v) is 12.5. The van der Waals surface area contributed by atoms with Gasteiger partial charge in [-0.05, 0) is 52.0 Å². The molecule has 0 N–H and O–H groups in total. The van der Waals surface area contributed by atoms with Gasteiger partial charge in [0, 0.05) is 5.92 Å². The van der Waals surface area contributed by atoms with Crippen LogP contribution in [0.25, 0.3) is 0 Å². The molecule has 1 aromatic carbocycles. The van der Waals surface area contributed by atoms with E-state index in [-0.39, 0.29) is 5.82 Å². The lowest BCUT2D eigenvalue weighted by Crippen LogP contribution is -2.63. The van der Waals surface area contributed by atoms with E-state index in [4.69, 9.17) is 0 Å². The van der Waals surface area contributed by atoms with Gasteiger partial charge in [0.25, 0.3) is 0 Å². The summed E-state index contributed by atoms with van der Waals surface area (Å²) in [5.74, 6) is 0.572. The molecule has 0 bridgehead atoms. The summed E-state index contributed by atoms with van der Waals surface area (Å²) in [6, 6.07) is 7.21. The molecule has 1 aromatic rings. The van der Waals surface area contributed by atoms with E-state index in [9.17, 15) is 4.39 Å². The van der Waals surface area contributed by atoms with Crippen LogP contribution >= 0.6 is 7.26 Å². The summed E-state index contributed by atoms with van der Waals surface area (Å²) in [5.41, 5.74) is 0. The van der Waals surface area contributed by atoms with Crippen LogP contribution < -0.4 is 5.30 Å². The minimum absolute atomic E-state index is 0.135. The molecule has 1 heterocycles. The Morgan fingerprint density at radius 3 is 1.82 bits per heavy atom. The number of hydrogen-bond donors (Lipinski definition) is 0. The standard InChI is InChI=1S/C15H23FP/c1-11-14(2,3)17(6,15(11,4)5)13-9-7-12(16)8-10-13/h7-11H,1-6H3/q+1. The van der Waals surface area contributed by atoms with Gasteiger partial charge >= 0.3 is 0 Å². The highest BCUT2D eigenvalue weighted by atomic mass is 31.2. The molecule has 0 spiro atoms. The minimum atomic E-state index is -1.24. The largest absolute Gasteiger partial charge is 0.207 e. The topological polar surface area (TPSA) is 0 Å². The smallest absolute Gasteiger partial charge is 0.123 e. The van der Waals surface area contributed by atoms with Crippen molar-refractivity contribution in [3.63, 3.8) is 0 Å². The molecule has 0 unspecified atom stereocenters. The molecule has 2 rings (SSSR count).